The van der Waals surface area contributed by atoms with Crippen molar-refractivity contribution in [3.8, 4) is 11.1 Å². The van der Waals surface area contributed by atoms with Crippen molar-refractivity contribution in [2.75, 3.05) is 56.5 Å². The molecule has 2 N–H and O–H groups in total. The van der Waals surface area contributed by atoms with Gasteiger partial charge in [-0.3, -0.25) is 9.89 Å². The molecule has 7 rings (SSSR count). The summed E-state index contributed by atoms with van der Waals surface area (Å²) in [7, 11) is 2.12. The maximum absolute atomic E-state index is 16.8. The number of hydrogen-bond donors (Lipinski definition) is 2. The monoisotopic (exact) mass is 588 g/mol. The molecule has 1 amide bonds. The molecule has 3 fully saturated rings. The van der Waals surface area contributed by atoms with Crippen molar-refractivity contribution in [1.82, 2.24) is 30.0 Å². The average molecular weight is 589 g/mol. The first-order chi connectivity index (χ1) is 20.2. The van der Waals surface area contributed by atoms with E-state index in [9.17, 15) is 4.79 Å². The smallest absolute Gasteiger partial charge is 0.245 e. The van der Waals surface area contributed by atoms with Gasteiger partial charge in [0.1, 0.15) is 11.3 Å². The minimum atomic E-state index is -0.469. The highest BCUT2D eigenvalue weighted by Crippen LogP contribution is 2.46. The molecule has 218 valence electrons. The Balaban J connectivity index is 1.32. The number of aromatic nitrogens is 4. The zero-order valence-corrected chi connectivity index (χ0v) is 24.6. The van der Waals surface area contributed by atoms with Gasteiger partial charge in [-0.25, -0.2) is 9.37 Å². The molecule has 3 aliphatic rings. The lowest BCUT2D eigenvalue weighted by Gasteiger charge is -2.49. The van der Waals surface area contributed by atoms with Crippen LogP contribution in [0.4, 0.5) is 16.2 Å². The molecule has 2 aromatic heterocycles. The predicted molar refractivity (Wildman–Crippen MR) is 165 cm³/mol. The van der Waals surface area contributed by atoms with Crippen molar-refractivity contribution in [3.63, 3.8) is 0 Å². The summed E-state index contributed by atoms with van der Waals surface area (Å²) in [4.78, 5) is 28.3. The Morgan fingerprint density at radius 2 is 1.95 bits per heavy atom. The zero-order chi connectivity index (χ0) is 29.2. The third-order valence-electron chi connectivity index (χ3n) is 9.27. The van der Waals surface area contributed by atoms with Crippen molar-refractivity contribution >= 4 is 51.1 Å². The number of piperidine rings is 1. The first-order valence-corrected chi connectivity index (χ1v) is 14.9. The van der Waals surface area contributed by atoms with Gasteiger partial charge in [0.2, 0.25) is 11.9 Å². The Labute approximate surface area is 248 Å². The summed E-state index contributed by atoms with van der Waals surface area (Å²) in [5.41, 5.74) is 2.96. The summed E-state index contributed by atoms with van der Waals surface area (Å²) in [6.07, 6.45) is 5.92. The van der Waals surface area contributed by atoms with E-state index in [-0.39, 0.29) is 22.9 Å². The standard InChI is InChI=1S/C31H34ClFN8O/c1-4-24(42)40-12-9-31(15-40)16-41(17-31)29-20-13-22(32)26(25-18(2)5-6-23-21(25)14-34-38-23)27(33)28(20)36-30(37-29)35-19-7-10-39(3)11-8-19/h4-6,13-14,19H,1,7-12,15-17H2,2-3H3,(H,34,38)(H,35,36,37). The number of aromatic amines is 1. The van der Waals surface area contributed by atoms with Crippen molar-refractivity contribution < 1.29 is 9.18 Å². The van der Waals surface area contributed by atoms with Crippen LogP contribution in [-0.2, 0) is 4.79 Å². The number of hydrogen-bond acceptors (Lipinski definition) is 7. The number of halogens is 2. The summed E-state index contributed by atoms with van der Waals surface area (Å²) >= 11 is 6.90. The second kappa shape index (κ2) is 10.2. The van der Waals surface area contributed by atoms with E-state index in [0.717, 1.165) is 68.5 Å². The summed E-state index contributed by atoms with van der Waals surface area (Å²) in [6, 6.07) is 5.88. The van der Waals surface area contributed by atoms with E-state index in [0.29, 0.717) is 39.8 Å². The highest BCUT2D eigenvalue weighted by Gasteiger charge is 2.49. The van der Waals surface area contributed by atoms with Crippen LogP contribution in [0.1, 0.15) is 24.8 Å². The molecule has 0 atom stereocenters. The van der Waals surface area contributed by atoms with Crippen LogP contribution in [0, 0.1) is 18.2 Å². The molecule has 1 spiro atoms. The number of carbonyl (C=O) groups is 1. The van der Waals surface area contributed by atoms with E-state index < -0.39 is 5.82 Å². The maximum Gasteiger partial charge on any atom is 0.245 e. The lowest BCUT2D eigenvalue weighted by atomic mass is 9.79. The minimum absolute atomic E-state index is 0.00614. The van der Waals surface area contributed by atoms with Gasteiger partial charge in [0.25, 0.3) is 0 Å². The van der Waals surface area contributed by atoms with E-state index in [1.54, 1.807) is 12.3 Å². The second-order valence-corrected chi connectivity index (χ2v) is 12.6. The van der Waals surface area contributed by atoms with Crippen LogP contribution in [0.15, 0.2) is 37.1 Å². The minimum Gasteiger partial charge on any atom is -0.355 e. The first kappa shape index (κ1) is 27.1. The number of nitrogens with one attached hydrogen (secondary N) is 2. The Kier molecular flexibility index (Phi) is 6.58. The number of anilines is 2. The molecule has 0 aliphatic carbocycles. The Morgan fingerprint density at radius 3 is 2.71 bits per heavy atom. The topological polar surface area (TPSA) is 93.3 Å². The van der Waals surface area contributed by atoms with E-state index >= 15 is 4.39 Å². The third-order valence-corrected chi connectivity index (χ3v) is 9.57. The summed E-state index contributed by atoms with van der Waals surface area (Å²) in [5, 5.41) is 12.4. The van der Waals surface area contributed by atoms with E-state index in [1.807, 2.05) is 24.0 Å². The first-order valence-electron chi connectivity index (χ1n) is 14.5. The van der Waals surface area contributed by atoms with Gasteiger partial charge in [0, 0.05) is 59.5 Å². The molecule has 42 heavy (non-hydrogen) atoms. The number of amides is 1. The fraction of sp³-hybridized carbons (Fsp3) is 0.419. The van der Waals surface area contributed by atoms with Crippen LogP contribution in [0.5, 0.6) is 0 Å². The SMILES string of the molecule is C=CC(=O)N1CCC2(C1)CN(c1nc(NC3CCN(C)CC3)nc3c(F)c(-c4c(C)ccc5[nH]ncc45)c(Cl)cc13)C2. The van der Waals surface area contributed by atoms with Gasteiger partial charge in [0.15, 0.2) is 5.82 Å². The summed E-state index contributed by atoms with van der Waals surface area (Å²) in [5.74, 6) is 0.586. The number of carbonyl (C=O) groups excluding carboxylic acids is 1. The van der Waals surface area contributed by atoms with Crippen molar-refractivity contribution in [2.24, 2.45) is 5.41 Å². The fourth-order valence-corrected chi connectivity index (χ4v) is 7.22. The summed E-state index contributed by atoms with van der Waals surface area (Å²) < 4.78 is 16.8. The number of nitrogens with zero attached hydrogens (tertiary/aromatic N) is 6. The van der Waals surface area contributed by atoms with Gasteiger partial charge in [-0.15, -0.1) is 0 Å². The Morgan fingerprint density at radius 1 is 1.17 bits per heavy atom. The third kappa shape index (κ3) is 4.48. The van der Waals surface area contributed by atoms with Crippen LogP contribution in [0.25, 0.3) is 32.9 Å². The van der Waals surface area contributed by atoms with E-state index in [2.05, 4.69) is 38.9 Å². The van der Waals surface area contributed by atoms with Crippen molar-refractivity contribution in [3.05, 3.63) is 53.5 Å². The number of fused-ring (bicyclic) bond motifs is 2. The molecule has 4 aromatic rings. The van der Waals surface area contributed by atoms with Gasteiger partial charge < -0.3 is 20.0 Å². The molecule has 3 aliphatic heterocycles. The fourth-order valence-electron chi connectivity index (χ4n) is 6.93. The molecule has 0 unspecified atom stereocenters. The normalized spacial score (nSPS) is 19.1. The molecule has 3 saturated heterocycles. The van der Waals surface area contributed by atoms with Gasteiger partial charge in [-0.1, -0.05) is 24.2 Å². The summed E-state index contributed by atoms with van der Waals surface area (Å²) in [6.45, 7) is 10.4. The lowest BCUT2D eigenvalue weighted by Crippen LogP contribution is -2.58. The highest BCUT2D eigenvalue weighted by atomic mass is 35.5. The Hall–Kier alpha value is -3.76. The van der Waals surface area contributed by atoms with Gasteiger partial charge >= 0.3 is 0 Å². The second-order valence-electron chi connectivity index (χ2n) is 12.2. The molecule has 0 radical (unpaired) electrons. The number of rotatable bonds is 5. The molecule has 0 saturated carbocycles. The quantitative estimate of drug-likeness (QED) is 0.317. The molecular formula is C31H34ClFN8O. The van der Waals surface area contributed by atoms with Gasteiger partial charge in [0.05, 0.1) is 16.7 Å². The predicted octanol–water partition coefficient (Wildman–Crippen LogP) is 5.00. The van der Waals surface area contributed by atoms with Crippen LogP contribution in [0.2, 0.25) is 5.02 Å². The molecule has 2 aromatic carbocycles. The van der Waals surface area contributed by atoms with Crippen molar-refractivity contribution in [2.45, 2.75) is 32.2 Å². The number of likely N-dealkylation sites (tertiary alicyclic amines) is 2. The average Bonchev–Trinajstić information content (AvgIpc) is 3.62. The zero-order valence-electron chi connectivity index (χ0n) is 23.9. The van der Waals surface area contributed by atoms with Gasteiger partial charge in [-0.2, -0.15) is 10.1 Å². The van der Waals surface area contributed by atoms with Crippen LogP contribution < -0.4 is 10.2 Å². The number of benzene rings is 2. The maximum atomic E-state index is 16.8. The molecular weight excluding hydrogens is 555 g/mol. The molecule has 9 nitrogen and oxygen atoms in total. The number of aryl methyl sites for hydroxylation is 1. The van der Waals surface area contributed by atoms with E-state index in [4.69, 9.17) is 21.6 Å². The van der Waals surface area contributed by atoms with Crippen LogP contribution in [0.3, 0.4) is 0 Å². The number of H-pyrrole nitrogens is 1. The molecule has 5 heterocycles. The van der Waals surface area contributed by atoms with Gasteiger partial charge in [-0.05, 0) is 70.1 Å². The van der Waals surface area contributed by atoms with E-state index in [1.165, 1.54) is 6.08 Å². The Bertz CT molecular complexity index is 1720. The van der Waals surface area contributed by atoms with Crippen LogP contribution in [-0.4, -0.2) is 88.2 Å². The lowest BCUT2D eigenvalue weighted by molar-refractivity contribution is -0.125. The highest BCUT2D eigenvalue weighted by molar-refractivity contribution is 6.35. The largest absolute Gasteiger partial charge is 0.355 e. The molecule has 11 heteroatoms. The molecule has 0 bridgehead atoms. The van der Waals surface area contributed by atoms with Crippen molar-refractivity contribution in [1.29, 1.82) is 0 Å². The van der Waals surface area contributed by atoms with Crippen LogP contribution >= 0.6 is 11.6 Å².